The van der Waals surface area contributed by atoms with E-state index in [1.807, 2.05) is 23.1 Å². The Labute approximate surface area is 145 Å². The molecule has 2 aromatic carbocycles. The fraction of sp³-hybridized carbons (Fsp3) is 0.250. The summed E-state index contributed by atoms with van der Waals surface area (Å²) in [6, 6.07) is 12.1. The maximum absolute atomic E-state index is 13.0. The Hall–Kier alpha value is -2.82. The molecule has 4 rings (SSSR count). The predicted octanol–water partition coefficient (Wildman–Crippen LogP) is 3.44. The SMILES string of the molecule is COc1ccc2[nH]c3c(c2c1)CCN(C(=O)Cc1ccc(F)cc1)C3. The van der Waals surface area contributed by atoms with Gasteiger partial charge in [-0.05, 0) is 47.9 Å². The van der Waals surface area contributed by atoms with E-state index in [0.717, 1.165) is 28.9 Å². The Morgan fingerprint density at radius 2 is 2.04 bits per heavy atom. The van der Waals surface area contributed by atoms with Crippen molar-refractivity contribution < 1.29 is 13.9 Å². The molecule has 1 aliphatic heterocycles. The number of ether oxygens (including phenoxy) is 1. The van der Waals surface area contributed by atoms with E-state index >= 15 is 0 Å². The van der Waals surface area contributed by atoms with Gasteiger partial charge in [-0.3, -0.25) is 4.79 Å². The molecule has 128 valence electrons. The summed E-state index contributed by atoms with van der Waals surface area (Å²) >= 11 is 0. The highest BCUT2D eigenvalue weighted by molar-refractivity contribution is 5.87. The molecule has 0 spiro atoms. The topological polar surface area (TPSA) is 45.3 Å². The van der Waals surface area contributed by atoms with Crippen molar-refractivity contribution in [1.29, 1.82) is 0 Å². The van der Waals surface area contributed by atoms with Crippen molar-refractivity contribution >= 4 is 16.8 Å². The highest BCUT2D eigenvalue weighted by Crippen LogP contribution is 2.30. The molecule has 0 saturated carbocycles. The van der Waals surface area contributed by atoms with Crippen LogP contribution in [0.4, 0.5) is 4.39 Å². The Morgan fingerprint density at radius 1 is 1.24 bits per heavy atom. The van der Waals surface area contributed by atoms with Crippen molar-refractivity contribution in [2.45, 2.75) is 19.4 Å². The molecule has 1 aliphatic rings. The predicted molar refractivity (Wildman–Crippen MR) is 94.1 cm³/mol. The molecule has 0 unspecified atom stereocenters. The maximum Gasteiger partial charge on any atom is 0.227 e. The number of hydrogen-bond donors (Lipinski definition) is 1. The number of aromatic amines is 1. The molecule has 0 aliphatic carbocycles. The number of aromatic nitrogens is 1. The molecule has 0 radical (unpaired) electrons. The van der Waals surface area contributed by atoms with Gasteiger partial charge in [0.05, 0.1) is 20.1 Å². The van der Waals surface area contributed by atoms with Gasteiger partial charge < -0.3 is 14.6 Å². The summed E-state index contributed by atoms with van der Waals surface area (Å²) in [5, 5.41) is 1.17. The second kappa shape index (κ2) is 6.24. The van der Waals surface area contributed by atoms with Gasteiger partial charge in [0.1, 0.15) is 11.6 Å². The van der Waals surface area contributed by atoms with Crippen LogP contribution in [0.5, 0.6) is 5.75 Å². The van der Waals surface area contributed by atoms with Gasteiger partial charge in [-0.15, -0.1) is 0 Å². The molecule has 4 nitrogen and oxygen atoms in total. The number of carbonyl (C=O) groups is 1. The van der Waals surface area contributed by atoms with Gasteiger partial charge in [0.2, 0.25) is 5.91 Å². The van der Waals surface area contributed by atoms with Gasteiger partial charge in [0, 0.05) is 23.1 Å². The average molecular weight is 338 g/mol. The normalized spacial score (nSPS) is 13.8. The summed E-state index contributed by atoms with van der Waals surface area (Å²) in [7, 11) is 1.66. The second-order valence-corrected chi connectivity index (χ2v) is 6.36. The van der Waals surface area contributed by atoms with Crippen LogP contribution in [0.1, 0.15) is 16.8 Å². The van der Waals surface area contributed by atoms with Crippen LogP contribution in [0.3, 0.4) is 0 Å². The van der Waals surface area contributed by atoms with E-state index in [1.165, 1.54) is 23.1 Å². The van der Waals surface area contributed by atoms with Gasteiger partial charge >= 0.3 is 0 Å². The van der Waals surface area contributed by atoms with Crippen LogP contribution < -0.4 is 4.74 Å². The number of H-pyrrole nitrogens is 1. The van der Waals surface area contributed by atoms with Gasteiger partial charge in [0.15, 0.2) is 0 Å². The molecule has 25 heavy (non-hydrogen) atoms. The van der Waals surface area contributed by atoms with E-state index in [2.05, 4.69) is 4.98 Å². The molecule has 1 amide bonds. The first-order valence-corrected chi connectivity index (χ1v) is 8.34. The zero-order valence-corrected chi connectivity index (χ0v) is 14.0. The lowest BCUT2D eigenvalue weighted by molar-refractivity contribution is -0.131. The Kier molecular flexibility index (Phi) is 3.92. The minimum Gasteiger partial charge on any atom is -0.497 e. The highest BCUT2D eigenvalue weighted by atomic mass is 19.1. The molecule has 2 heterocycles. The Bertz CT molecular complexity index is 931. The van der Waals surface area contributed by atoms with Crippen LogP contribution in [-0.4, -0.2) is 29.4 Å². The summed E-state index contributed by atoms with van der Waals surface area (Å²) < 4.78 is 18.3. The number of methoxy groups -OCH3 is 1. The number of benzene rings is 2. The number of rotatable bonds is 3. The molecule has 0 bridgehead atoms. The lowest BCUT2D eigenvalue weighted by atomic mass is 10.0. The van der Waals surface area contributed by atoms with E-state index in [1.54, 1.807) is 19.2 Å². The third kappa shape index (κ3) is 2.97. The van der Waals surface area contributed by atoms with E-state index in [0.29, 0.717) is 19.5 Å². The number of carbonyl (C=O) groups excluding carboxylic acids is 1. The number of amides is 1. The molecule has 3 aromatic rings. The smallest absolute Gasteiger partial charge is 0.227 e. The van der Waals surface area contributed by atoms with Crippen LogP contribution in [0.15, 0.2) is 42.5 Å². The summed E-state index contributed by atoms with van der Waals surface area (Å²) in [6.07, 6.45) is 1.11. The van der Waals surface area contributed by atoms with Gasteiger partial charge in [0.25, 0.3) is 0 Å². The number of hydrogen-bond acceptors (Lipinski definition) is 2. The van der Waals surface area contributed by atoms with Gasteiger partial charge in [-0.2, -0.15) is 0 Å². The zero-order chi connectivity index (χ0) is 17.4. The average Bonchev–Trinajstić information content (AvgIpc) is 3.00. The standard InChI is InChI=1S/C20H19FN2O2/c1-25-15-6-7-18-17(11-15)16-8-9-23(12-19(16)22-18)20(24)10-13-2-4-14(21)5-3-13/h2-7,11,22H,8-10,12H2,1H3. The Balaban J connectivity index is 1.54. The lowest BCUT2D eigenvalue weighted by Gasteiger charge is -2.27. The Morgan fingerprint density at radius 3 is 2.80 bits per heavy atom. The lowest BCUT2D eigenvalue weighted by Crippen LogP contribution is -2.36. The third-order valence-electron chi connectivity index (χ3n) is 4.80. The number of nitrogens with one attached hydrogen (secondary N) is 1. The second-order valence-electron chi connectivity index (χ2n) is 6.36. The monoisotopic (exact) mass is 338 g/mol. The summed E-state index contributed by atoms with van der Waals surface area (Å²) in [6.45, 7) is 1.27. The molecule has 1 N–H and O–H groups in total. The van der Waals surface area contributed by atoms with Crippen molar-refractivity contribution in [3.63, 3.8) is 0 Å². The molecule has 5 heteroatoms. The molecule has 0 saturated heterocycles. The molecule has 0 atom stereocenters. The minimum absolute atomic E-state index is 0.0634. The van der Waals surface area contributed by atoms with Gasteiger partial charge in [-0.25, -0.2) is 4.39 Å². The third-order valence-corrected chi connectivity index (χ3v) is 4.80. The molecular formula is C20H19FN2O2. The van der Waals surface area contributed by atoms with Crippen molar-refractivity contribution in [2.75, 3.05) is 13.7 Å². The van der Waals surface area contributed by atoms with Crippen molar-refractivity contribution in [1.82, 2.24) is 9.88 Å². The minimum atomic E-state index is -0.285. The first-order valence-electron chi connectivity index (χ1n) is 8.34. The summed E-state index contributed by atoms with van der Waals surface area (Å²) in [4.78, 5) is 17.9. The van der Waals surface area contributed by atoms with Crippen LogP contribution in [0, 0.1) is 5.82 Å². The molecule has 0 fully saturated rings. The van der Waals surface area contributed by atoms with E-state index in [-0.39, 0.29) is 11.7 Å². The summed E-state index contributed by atoms with van der Waals surface area (Å²) in [5.74, 6) is 0.616. The molecular weight excluding hydrogens is 319 g/mol. The summed E-state index contributed by atoms with van der Waals surface area (Å²) in [5.41, 5.74) is 4.25. The van der Waals surface area contributed by atoms with Gasteiger partial charge in [-0.1, -0.05) is 12.1 Å². The van der Waals surface area contributed by atoms with Crippen LogP contribution in [0.25, 0.3) is 10.9 Å². The largest absolute Gasteiger partial charge is 0.497 e. The number of nitrogens with zero attached hydrogens (tertiary/aromatic N) is 1. The number of fused-ring (bicyclic) bond motifs is 3. The zero-order valence-electron chi connectivity index (χ0n) is 14.0. The van der Waals surface area contributed by atoms with Crippen LogP contribution in [-0.2, 0) is 24.2 Å². The van der Waals surface area contributed by atoms with Crippen LogP contribution in [0.2, 0.25) is 0 Å². The highest BCUT2D eigenvalue weighted by Gasteiger charge is 2.24. The maximum atomic E-state index is 13.0. The van der Waals surface area contributed by atoms with Crippen molar-refractivity contribution in [3.05, 3.63) is 65.1 Å². The fourth-order valence-corrected chi connectivity index (χ4v) is 3.45. The fourth-order valence-electron chi connectivity index (χ4n) is 3.45. The first kappa shape index (κ1) is 15.7. The van der Waals surface area contributed by atoms with E-state index < -0.39 is 0 Å². The van der Waals surface area contributed by atoms with Crippen LogP contribution >= 0.6 is 0 Å². The quantitative estimate of drug-likeness (QED) is 0.795. The first-order chi connectivity index (χ1) is 12.1. The van der Waals surface area contributed by atoms with Crippen molar-refractivity contribution in [3.8, 4) is 5.75 Å². The number of halogens is 1. The molecule has 1 aromatic heterocycles. The van der Waals surface area contributed by atoms with E-state index in [9.17, 15) is 9.18 Å². The van der Waals surface area contributed by atoms with Crippen molar-refractivity contribution in [2.24, 2.45) is 0 Å². The van der Waals surface area contributed by atoms with E-state index in [4.69, 9.17) is 4.74 Å².